The maximum absolute atomic E-state index is 13.0. The van der Waals surface area contributed by atoms with Crippen LogP contribution < -0.4 is 29.2 Å². The van der Waals surface area contributed by atoms with E-state index in [-0.39, 0.29) is 24.8 Å². The molecule has 2 aromatic carbocycles. The Bertz CT molecular complexity index is 1220. The molecular formula is C25H27N3O6S. The highest BCUT2D eigenvalue weighted by molar-refractivity contribution is 7.16. The second kappa shape index (κ2) is 10.2. The molecule has 1 aliphatic heterocycles. The standard InChI is InChI=1S/C25H27N3O6S/c1-14-22(15-6-8-18(31-2)9-7-15)26-25(35-14)27-24(30)16-10-21(29)28(13-16)17-11-19(32-3)23(34-5)20(12-17)33-4/h6-9,11-12,16H,10,13H2,1-5H3,(H,26,27,30). The number of rotatable bonds is 8. The molecule has 3 aromatic rings. The number of aromatic nitrogens is 1. The maximum Gasteiger partial charge on any atom is 0.231 e. The molecule has 1 aromatic heterocycles. The fraction of sp³-hybridized carbons (Fsp3) is 0.320. The first-order valence-electron chi connectivity index (χ1n) is 10.9. The summed E-state index contributed by atoms with van der Waals surface area (Å²) in [6.07, 6.45) is 0.0954. The van der Waals surface area contributed by atoms with Gasteiger partial charge in [-0.1, -0.05) is 0 Å². The van der Waals surface area contributed by atoms with Gasteiger partial charge in [0, 0.05) is 35.5 Å². The molecule has 1 aliphatic rings. The van der Waals surface area contributed by atoms with E-state index in [9.17, 15) is 9.59 Å². The van der Waals surface area contributed by atoms with Gasteiger partial charge in [-0.05, 0) is 31.2 Å². The topological polar surface area (TPSA) is 99.2 Å². The number of ether oxygens (including phenoxy) is 4. The van der Waals surface area contributed by atoms with Crippen LogP contribution in [0.5, 0.6) is 23.0 Å². The van der Waals surface area contributed by atoms with E-state index in [0.717, 1.165) is 21.9 Å². The Morgan fingerprint density at radius 3 is 2.26 bits per heavy atom. The van der Waals surface area contributed by atoms with Gasteiger partial charge in [0.05, 0.1) is 45.7 Å². The van der Waals surface area contributed by atoms with E-state index in [4.69, 9.17) is 18.9 Å². The Kier molecular flexibility index (Phi) is 7.11. The van der Waals surface area contributed by atoms with Gasteiger partial charge < -0.3 is 29.2 Å². The average Bonchev–Trinajstić information content (AvgIpc) is 3.45. The van der Waals surface area contributed by atoms with Gasteiger partial charge in [-0.15, -0.1) is 11.3 Å². The lowest BCUT2D eigenvalue weighted by atomic mass is 10.1. The van der Waals surface area contributed by atoms with E-state index < -0.39 is 5.92 Å². The number of thiazole rings is 1. The third-order valence-corrected chi connectivity index (χ3v) is 6.73. The molecule has 1 unspecified atom stereocenters. The molecule has 1 fully saturated rings. The smallest absolute Gasteiger partial charge is 0.231 e. The van der Waals surface area contributed by atoms with Crippen molar-refractivity contribution in [1.82, 2.24) is 4.98 Å². The van der Waals surface area contributed by atoms with Crippen molar-refractivity contribution in [2.24, 2.45) is 5.92 Å². The number of nitrogens with zero attached hydrogens (tertiary/aromatic N) is 2. The van der Waals surface area contributed by atoms with Gasteiger partial charge in [-0.2, -0.15) is 0 Å². The van der Waals surface area contributed by atoms with Gasteiger partial charge >= 0.3 is 0 Å². The summed E-state index contributed by atoms with van der Waals surface area (Å²) in [5, 5.41) is 3.39. The molecule has 0 bridgehead atoms. The molecule has 1 saturated heterocycles. The number of carbonyl (C=O) groups excluding carboxylic acids is 2. The Morgan fingerprint density at radius 2 is 1.69 bits per heavy atom. The first-order chi connectivity index (χ1) is 16.9. The summed E-state index contributed by atoms with van der Waals surface area (Å²) < 4.78 is 21.4. The molecule has 2 amide bonds. The first-order valence-corrected chi connectivity index (χ1v) is 11.7. The summed E-state index contributed by atoms with van der Waals surface area (Å²) in [5.41, 5.74) is 2.31. The number of benzene rings is 2. The summed E-state index contributed by atoms with van der Waals surface area (Å²) in [6.45, 7) is 2.19. The first kappa shape index (κ1) is 24.3. The quantitative estimate of drug-likeness (QED) is 0.499. The third-order valence-electron chi connectivity index (χ3n) is 5.85. The van der Waals surface area contributed by atoms with E-state index in [1.807, 2.05) is 31.2 Å². The fourth-order valence-corrected chi connectivity index (χ4v) is 4.87. The van der Waals surface area contributed by atoms with Crippen molar-refractivity contribution in [1.29, 1.82) is 0 Å². The van der Waals surface area contributed by atoms with E-state index in [1.165, 1.54) is 32.7 Å². The van der Waals surface area contributed by atoms with Crippen molar-refractivity contribution in [3.63, 3.8) is 0 Å². The second-order valence-corrected chi connectivity index (χ2v) is 9.13. The zero-order chi connectivity index (χ0) is 25.1. The molecule has 1 N–H and O–H groups in total. The number of amides is 2. The summed E-state index contributed by atoms with van der Waals surface area (Å²) in [5.74, 6) is 1.15. The zero-order valence-corrected chi connectivity index (χ0v) is 21.0. The van der Waals surface area contributed by atoms with Crippen LogP contribution in [-0.2, 0) is 9.59 Å². The predicted molar refractivity (Wildman–Crippen MR) is 134 cm³/mol. The van der Waals surface area contributed by atoms with Crippen molar-refractivity contribution in [3.8, 4) is 34.3 Å². The lowest BCUT2D eigenvalue weighted by Crippen LogP contribution is -2.28. The third kappa shape index (κ3) is 4.88. The van der Waals surface area contributed by atoms with Gasteiger partial charge in [-0.3, -0.25) is 9.59 Å². The van der Waals surface area contributed by atoms with Crippen molar-refractivity contribution in [3.05, 3.63) is 41.3 Å². The molecule has 0 radical (unpaired) electrons. The second-order valence-electron chi connectivity index (χ2n) is 7.93. The van der Waals surface area contributed by atoms with Crippen LogP contribution in [0.15, 0.2) is 36.4 Å². The summed E-state index contributed by atoms with van der Waals surface area (Å²) >= 11 is 1.40. The van der Waals surface area contributed by atoms with Crippen LogP contribution in [0, 0.1) is 12.8 Å². The Hall–Kier alpha value is -3.79. The highest BCUT2D eigenvalue weighted by Gasteiger charge is 2.36. The van der Waals surface area contributed by atoms with Crippen LogP contribution in [0.1, 0.15) is 11.3 Å². The number of hydrogen-bond donors (Lipinski definition) is 1. The van der Waals surface area contributed by atoms with Crippen LogP contribution in [-0.4, -0.2) is 51.8 Å². The summed E-state index contributed by atoms with van der Waals surface area (Å²) in [4.78, 5) is 33.0. The molecule has 0 spiro atoms. The SMILES string of the molecule is COc1ccc(-c2nc(NC(=O)C3CC(=O)N(c4cc(OC)c(OC)c(OC)c4)C3)sc2C)cc1. The van der Waals surface area contributed by atoms with Crippen molar-refractivity contribution < 1.29 is 28.5 Å². The lowest BCUT2D eigenvalue weighted by molar-refractivity contribution is -0.122. The molecule has 2 heterocycles. The van der Waals surface area contributed by atoms with Gasteiger partial charge in [0.2, 0.25) is 17.6 Å². The molecule has 0 saturated carbocycles. The molecule has 184 valence electrons. The van der Waals surface area contributed by atoms with Crippen LogP contribution in [0.2, 0.25) is 0 Å². The Labute approximate surface area is 207 Å². The Balaban J connectivity index is 1.49. The number of hydrogen-bond acceptors (Lipinski definition) is 8. The summed E-state index contributed by atoms with van der Waals surface area (Å²) in [6, 6.07) is 11.0. The van der Waals surface area contributed by atoms with Gasteiger partial charge in [0.25, 0.3) is 0 Å². The minimum Gasteiger partial charge on any atom is -0.497 e. The normalized spacial score (nSPS) is 15.2. The van der Waals surface area contributed by atoms with Crippen molar-refractivity contribution >= 4 is 34.0 Å². The molecule has 0 aliphatic carbocycles. The van der Waals surface area contributed by atoms with Gasteiger partial charge in [0.15, 0.2) is 16.6 Å². The summed E-state index contributed by atoms with van der Waals surface area (Å²) in [7, 11) is 6.16. The van der Waals surface area contributed by atoms with Gasteiger partial charge in [-0.25, -0.2) is 4.98 Å². The van der Waals surface area contributed by atoms with Crippen LogP contribution >= 0.6 is 11.3 Å². The molecule has 35 heavy (non-hydrogen) atoms. The Morgan fingerprint density at radius 1 is 1.03 bits per heavy atom. The fourth-order valence-electron chi connectivity index (χ4n) is 4.03. The van der Waals surface area contributed by atoms with Crippen LogP contribution in [0.4, 0.5) is 10.8 Å². The monoisotopic (exact) mass is 497 g/mol. The molecule has 10 heteroatoms. The largest absolute Gasteiger partial charge is 0.497 e. The van der Waals surface area contributed by atoms with Crippen LogP contribution in [0.3, 0.4) is 0 Å². The molecular weight excluding hydrogens is 470 g/mol. The average molecular weight is 498 g/mol. The van der Waals surface area contributed by atoms with E-state index in [0.29, 0.717) is 28.1 Å². The number of methoxy groups -OCH3 is 4. The van der Waals surface area contributed by atoms with Crippen LogP contribution in [0.25, 0.3) is 11.3 Å². The highest BCUT2D eigenvalue weighted by atomic mass is 32.1. The molecule has 1 atom stereocenters. The highest BCUT2D eigenvalue weighted by Crippen LogP contribution is 2.42. The number of carbonyl (C=O) groups is 2. The number of nitrogens with one attached hydrogen (secondary N) is 1. The van der Waals surface area contributed by atoms with E-state index in [2.05, 4.69) is 10.3 Å². The lowest BCUT2D eigenvalue weighted by Gasteiger charge is -2.20. The minimum absolute atomic E-state index is 0.0954. The van der Waals surface area contributed by atoms with Crippen molar-refractivity contribution in [2.75, 3.05) is 45.2 Å². The maximum atomic E-state index is 13.0. The minimum atomic E-state index is -0.518. The zero-order valence-electron chi connectivity index (χ0n) is 20.2. The predicted octanol–water partition coefficient (Wildman–Crippen LogP) is 4.14. The number of anilines is 2. The van der Waals surface area contributed by atoms with Crippen molar-refractivity contribution in [2.45, 2.75) is 13.3 Å². The number of aryl methyl sites for hydroxylation is 1. The van der Waals surface area contributed by atoms with E-state index >= 15 is 0 Å². The molecule has 9 nitrogen and oxygen atoms in total. The van der Waals surface area contributed by atoms with E-state index in [1.54, 1.807) is 24.1 Å². The van der Waals surface area contributed by atoms with Gasteiger partial charge in [0.1, 0.15) is 5.75 Å². The molecule has 4 rings (SSSR count).